The molecule has 1 saturated heterocycles. The average Bonchev–Trinajstić information content (AvgIpc) is 2.36. The maximum Gasteiger partial charge on any atom is 0.225 e. The fourth-order valence-corrected chi connectivity index (χ4v) is 3.66. The van der Waals surface area contributed by atoms with Gasteiger partial charge in [-0.3, -0.25) is 4.79 Å². The van der Waals surface area contributed by atoms with Crippen molar-refractivity contribution in [3.05, 3.63) is 30.3 Å². The molecule has 0 aromatic heterocycles. The number of hydrogen-bond donors (Lipinski definition) is 2. The number of amides is 1. The molecule has 1 fully saturated rings. The minimum absolute atomic E-state index is 0. The molecular formula is C14H21ClN2O3S. The number of benzene rings is 1. The Kier molecular flexibility index (Phi) is 6.64. The highest BCUT2D eigenvalue weighted by Crippen LogP contribution is 2.13. The van der Waals surface area contributed by atoms with Gasteiger partial charge in [-0.15, -0.1) is 12.4 Å². The van der Waals surface area contributed by atoms with E-state index in [0.717, 1.165) is 0 Å². The highest BCUT2D eigenvalue weighted by Gasteiger charge is 2.28. The Labute approximate surface area is 131 Å². The Morgan fingerprint density at radius 3 is 2.43 bits per heavy atom. The molecule has 0 saturated carbocycles. The molecule has 1 aliphatic rings. The number of rotatable bonds is 6. The molecule has 0 radical (unpaired) electrons. The van der Waals surface area contributed by atoms with E-state index in [1.807, 2.05) is 6.92 Å². The van der Waals surface area contributed by atoms with Crippen molar-refractivity contribution in [2.75, 3.05) is 18.8 Å². The Hall–Kier alpha value is -1.11. The molecule has 2 N–H and O–H groups in total. The molecule has 1 unspecified atom stereocenters. The Morgan fingerprint density at radius 1 is 1.33 bits per heavy atom. The maximum atomic E-state index is 12.3. The van der Waals surface area contributed by atoms with Crippen molar-refractivity contribution >= 4 is 28.2 Å². The van der Waals surface area contributed by atoms with Crippen molar-refractivity contribution in [3.63, 3.8) is 0 Å². The predicted molar refractivity (Wildman–Crippen MR) is 84.3 cm³/mol. The first-order valence-corrected chi connectivity index (χ1v) is 8.47. The monoisotopic (exact) mass is 332 g/mol. The summed E-state index contributed by atoms with van der Waals surface area (Å²) in [6, 6.07) is 8.01. The van der Waals surface area contributed by atoms with Crippen molar-refractivity contribution in [1.29, 1.82) is 0 Å². The third kappa shape index (κ3) is 4.69. The van der Waals surface area contributed by atoms with Gasteiger partial charge in [0.1, 0.15) is 0 Å². The largest absolute Gasteiger partial charge is 0.352 e. The van der Waals surface area contributed by atoms with E-state index in [-0.39, 0.29) is 36.0 Å². The van der Waals surface area contributed by atoms with E-state index >= 15 is 0 Å². The van der Waals surface area contributed by atoms with E-state index in [1.165, 1.54) is 0 Å². The molecule has 1 amide bonds. The van der Waals surface area contributed by atoms with Crippen LogP contribution in [0.15, 0.2) is 35.2 Å². The van der Waals surface area contributed by atoms with Crippen LogP contribution in [0.25, 0.3) is 0 Å². The lowest BCUT2D eigenvalue weighted by Gasteiger charge is -2.28. The summed E-state index contributed by atoms with van der Waals surface area (Å²) in [5.41, 5.74) is 0. The quantitative estimate of drug-likeness (QED) is 0.815. The highest BCUT2D eigenvalue weighted by molar-refractivity contribution is 7.91. The number of sulfone groups is 1. The van der Waals surface area contributed by atoms with E-state index in [4.69, 9.17) is 0 Å². The predicted octanol–water partition coefficient (Wildman–Crippen LogP) is 0.996. The standard InChI is InChI=1S/C14H20N2O3S.ClH/c1-2-12(16-14(17)11-8-15-9-11)10-20(18,19)13-6-4-3-5-7-13;/h3-7,11-12,15H,2,8-10H2,1H3,(H,16,17);1H. The topological polar surface area (TPSA) is 75.3 Å². The van der Waals surface area contributed by atoms with E-state index in [0.29, 0.717) is 24.4 Å². The van der Waals surface area contributed by atoms with Crippen LogP contribution >= 0.6 is 12.4 Å². The zero-order valence-corrected chi connectivity index (χ0v) is 13.5. The van der Waals surface area contributed by atoms with Crippen LogP contribution in [0.2, 0.25) is 0 Å². The second-order valence-electron chi connectivity index (χ2n) is 5.06. The molecule has 5 nitrogen and oxygen atoms in total. The third-order valence-electron chi connectivity index (χ3n) is 3.51. The second-order valence-corrected chi connectivity index (χ2v) is 7.10. The smallest absolute Gasteiger partial charge is 0.225 e. The van der Waals surface area contributed by atoms with Crippen LogP contribution in [-0.4, -0.2) is 39.2 Å². The first-order valence-electron chi connectivity index (χ1n) is 6.82. The lowest BCUT2D eigenvalue weighted by molar-refractivity contribution is -0.127. The molecule has 0 bridgehead atoms. The molecular weight excluding hydrogens is 312 g/mol. The van der Waals surface area contributed by atoms with E-state index in [9.17, 15) is 13.2 Å². The van der Waals surface area contributed by atoms with Gasteiger partial charge in [0.15, 0.2) is 9.84 Å². The second kappa shape index (κ2) is 7.77. The van der Waals surface area contributed by atoms with Crippen molar-refractivity contribution < 1.29 is 13.2 Å². The lowest BCUT2D eigenvalue weighted by Crippen LogP contribution is -2.53. The molecule has 21 heavy (non-hydrogen) atoms. The Morgan fingerprint density at radius 2 is 1.95 bits per heavy atom. The SMILES string of the molecule is CCC(CS(=O)(=O)c1ccccc1)NC(=O)C1CNC1.Cl. The number of carbonyl (C=O) groups excluding carboxylic acids is 1. The molecule has 1 aliphatic heterocycles. The number of hydrogen-bond acceptors (Lipinski definition) is 4. The van der Waals surface area contributed by atoms with Gasteiger partial charge in [-0.25, -0.2) is 8.42 Å². The zero-order chi connectivity index (χ0) is 14.6. The number of nitrogens with one attached hydrogen (secondary N) is 2. The summed E-state index contributed by atoms with van der Waals surface area (Å²) in [6.07, 6.45) is 0.595. The minimum Gasteiger partial charge on any atom is -0.352 e. The first kappa shape index (κ1) is 17.9. The molecule has 0 aliphatic carbocycles. The van der Waals surface area contributed by atoms with Gasteiger partial charge in [0, 0.05) is 19.1 Å². The van der Waals surface area contributed by atoms with E-state index < -0.39 is 9.84 Å². The van der Waals surface area contributed by atoms with Crippen LogP contribution in [0.4, 0.5) is 0 Å². The summed E-state index contributed by atoms with van der Waals surface area (Å²) in [5.74, 6) is -0.137. The minimum atomic E-state index is -3.36. The average molecular weight is 333 g/mol. The van der Waals surface area contributed by atoms with Gasteiger partial charge in [-0.1, -0.05) is 25.1 Å². The zero-order valence-electron chi connectivity index (χ0n) is 11.9. The molecule has 1 atom stereocenters. The fourth-order valence-electron chi connectivity index (χ4n) is 2.04. The summed E-state index contributed by atoms with van der Waals surface area (Å²) in [7, 11) is -3.36. The number of carbonyl (C=O) groups is 1. The molecule has 2 rings (SSSR count). The van der Waals surface area contributed by atoms with Gasteiger partial charge in [0.2, 0.25) is 5.91 Å². The van der Waals surface area contributed by atoms with Gasteiger partial charge in [0.25, 0.3) is 0 Å². The van der Waals surface area contributed by atoms with Gasteiger partial charge in [-0.2, -0.15) is 0 Å². The normalized spacial score (nSPS) is 16.4. The molecule has 1 aromatic rings. The van der Waals surface area contributed by atoms with Crippen LogP contribution in [0.5, 0.6) is 0 Å². The summed E-state index contributed by atoms with van der Waals surface area (Å²) in [4.78, 5) is 12.2. The maximum absolute atomic E-state index is 12.3. The van der Waals surface area contributed by atoms with Gasteiger partial charge in [0.05, 0.1) is 16.6 Å². The van der Waals surface area contributed by atoms with Gasteiger partial charge < -0.3 is 10.6 Å². The number of halogens is 1. The summed E-state index contributed by atoms with van der Waals surface area (Å²) in [6.45, 7) is 3.23. The Balaban J connectivity index is 0.00000220. The molecule has 1 heterocycles. The highest BCUT2D eigenvalue weighted by atomic mass is 35.5. The fraction of sp³-hybridized carbons (Fsp3) is 0.500. The van der Waals surface area contributed by atoms with Crippen LogP contribution in [-0.2, 0) is 14.6 Å². The molecule has 0 spiro atoms. The van der Waals surface area contributed by atoms with Crippen LogP contribution in [0.1, 0.15) is 13.3 Å². The van der Waals surface area contributed by atoms with E-state index in [1.54, 1.807) is 30.3 Å². The van der Waals surface area contributed by atoms with Crippen molar-refractivity contribution in [3.8, 4) is 0 Å². The van der Waals surface area contributed by atoms with Crippen molar-refractivity contribution in [2.24, 2.45) is 5.92 Å². The van der Waals surface area contributed by atoms with Crippen LogP contribution in [0, 0.1) is 5.92 Å². The lowest BCUT2D eigenvalue weighted by atomic mass is 10.0. The van der Waals surface area contributed by atoms with Crippen LogP contribution in [0.3, 0.4) is 0 Å². The summed E-state index contributed by atoms with van der Waals surface area (Å²) < 4.78 is 24.5. The molecule has 7 heteroatoms. The van der Waals surface area contributed by atoms with Crippen molar-refractivity contribution in [1.82, 2.24) is 10.6 Å². The Bertz CT molecular complexity index is 559. The molecule has 118 valence electrons. The van der Waals surface area contributed by atoms with Gasteiger partial charge in [-0.05, 0) is 18.6 Å². The van der Waals surface area contributed by atoms with E-state index in [2.05, 4.69) is 10.6 Å². The first-order chi connectivity index (χ1) is 9.53. The van der Waals surface area contributed by atoms with Crippen molar-refractivity contribution in [2.45, 2.75) is 24.3 Å². The molecule has 1 aromatic carbocycles. The van der Waals surface area contributed by atoms with Crippen LogP contribution < -0.4 is 10.6 Å². The summed E-state index contributed by atoms with van der Waals surface area (Å²) >= 11 is 0. The summed E-state index contributed by atoms with van der Waals surface area (Å²) in [5, 5.41) is 5.86. The van der Waals surface area contributed by atoms with Gasteiger partial charge >= 0.3 is 0 Å². The third-order valence-corrected chi connectivity index (χ3v) is 5.35.